The molecular formula is C19H29NO4. The van der Waals surface area contributed by atoms with Crippen molar-refractivity contribution in [1.82, 2.24) is 4.90 Å². The fraction of sp³-hybridized carbons (Fsp3) is 0.632. The summed E-state index contributed by atoms with van der Waals surface area (Å²) in [6, 6.07) is 10.00. The second-order valence-electron chi connectivity index (χ2n) is 7.60. The molecule has 0 aliphatic carbocycles. The Morgan fingerprint density at radius 1 is 1.21 bits per heavy atom. The van der Waals surface area contributed by atoms with E-state index in [1.807, 2.05) is 51.1 Å². The fourth-order valence-electron chi connectivity index (χ4n) is 2.80. The summed E-state index contributed by atoms with van der Waals surface area (Å²) in [5.41, 5.74) is 0.367. The zero-order chi connectivity index (χ0) is 17.6. The molecule has 1 fully saturated rings. The van der Waals surface area contributed by atoms with Crippen molar-refractivity contribution < 1.29 is 19.4 Å². The number of amides is 1. The molecule has 1 aliphatic heterocycles. The van der Waals surface area contributed by atoms with Crippen molar-refractivity contribution in [2.75, 3.05) is 26.3 Å². The van der Waals surface area contributed by atoms with Crippen molar-refractivity contribution in [3.63, 3.8) is 0 Å². The second-order valence-corrected chi connectivity index (χ2v) is 7.60. The standard InChI is InChI=1S/C19H29NO4/c1-18(2,3)24-17(22)20-11-9-19(14-21,10-12-20)15-23-13-16-7-5-4-6-8-16/h4-8,21H,9-15H2,1-3H3. The quantitative estimate of drug-likeness (QED) is 0.897. The van der Waals surface area contributed by atoms with Crippen molar-refractivity contribution in [3.8, 4) is 0 Å². The predicted molar refractivity (Wildman–Crippen MR) is 92.7 cm³/mol. The van der Waals surface area contributed by atoms with E-state index in [0.29, 0.717) is 26.3 Å². The lowest BCUT2D eigenvalue weighted by Gasteiger charge is -2.40. The maximum Gasteiger partial charge on any atom is 0.410 e. The predicted octanol–water partition coefficient (Wildman–Crippen LogP) is 3.21. The Morgan fingerprint density at radius 3 is 2.38 bits per heavy atom. The Balaban J connectivity index is 1.81. The summed E-state index contributed by atoms with van der Waals surface area (Å²) in [5.74, 6) is 0. The average molecular weight is 335 g/mol. The fourth-order valence-corrected chi connectivity index (χ4v) is 2.80. The van der Waals surface area contributed by atoms with E-state index >= 15 is 0 Å². The van der Waals surface area contributed by atoms with Crippen LogP contribution in [0.15, 0.2) is 30.3 Å². The van der Waals surface area contributed by atoms with Gasteiger partial charge < -0.3 is 19.5 Å². The number of piperidine rings is 1. The molecule has 1 saturated heterocycles. The third-order valence-electron chi connectivity index (χ3n) is 4.33. The number of rotatable bonds is 5. The zero-order valence-electron chi connectivity index (χ0n) is 15.0. The molecule has 134 valence electrons. The molecule has 1 N–H and O–H groups in total. The highest BCUT2D eigenvalue weighted by Crippen LogP contribution is 2.32. The van der Waals surface area contributed by atoms with Crippen molar-refractivity contribution in [1.29, 1.82) is 0 Å². The van der Waals surface area contributed by atoms with Gasteiger partial charge in [0.2, 0.25) is 0 Å². The van der Waals surface area contributed by atoms with Crippen molar-refractivity contribution in [2.45, 2.75) is 45.8 Å². The number of aliphatic hydroxyl groups excluding tert-OH is 1. The lowest BCUT2D eigenvalue weighted by Crippen LogP contribution is -2.48. The second kappa shape index (κ2) is 7.99. The summed E-state index contributed by atoms with van der Waals surface area (Å²) < 4.78 is 11.2. The van der Waals surface area contributed by atoms with Gasteiger partial charge in [-0.1, -0.05) is 30.3 Å². The first-order chi connectivity index (χ1) is 11.3. The molecule has 0 radical (unpaired) electrons. The van der Waals surface area contributed by atoms with Crippen LogP contribution in [0.3, 0.4) is 0 Å². The van der Waals surface area contributed by atoms with Gasteiger partial charge in [0.25, 0.3) is 0 Å². The summed E-state index contributed by atoms with van der Waals surface area (Å²) in [5, 5.41) is 9.84. The van der Waals surface area contributed by atoms with Gasteiger partial charge in [-0.3, -0.25) is 0 Å². The molecule has 5 heteroatoms. The minimum Gasteiger partial charge on any atom is -0.444 e. The van der Waals surface area contributed by atoms with Gasteiger partial charge in [-0.25, -0.2) is 4.79 Å². The van der Waals surface area contributed by atoms with Crippen LogP contribution < -0.4 is 0 Å². The summed E-state index contributed by atoms with van der Waals surface area (Å²) in [4.78, 5) is 13.8. The maximum atomic E-state index is 12.1. The number of benzene rings is 1. The molecule has 1 aliphatic rings. The van der Waals surface area contributed by atoms with E-state index < -0.39 is 5.60 Å². The Morgan fingerprint density at radius 2 is 1.83 bits per heavy atom. The van der Waals surface area contributed by atoms with Crippen LogP contribution in [0.25, 0.3) is 0 Å². The van der Waals surface area contributed by atoms with E-state index in [4.69, 9.17) is 9.47 Å². The molecule has 0 spiro atoms. The summed E-state index contributed by atoms with van der Waals surface area (Å²) >= 11 is 0. The first kappa shape index (κ1) is 18.7. The van der Waals surface area contributed by atoms with Crippen LogP contribution in [0.1, 0.15) is 39.2 Å². The molecule has 1 amide bonds. The number of carbonyl (C=O) groups is 1. The Hall–Kier alpha value is -1.59. The summed E-state index contributed by atoms with van der Waals surface area (Å²) in [6.07, 6.45) is 1.16. The first-order valence-electron chi connectivity index (χ1n) is 8.54. The molecule has 1 aromatic rings. The van der Waals surface area contributed by atoms with Gasteiger partial charge in [-0.15, -0.1) is 0 Å². The van der Waals surface area contributed by atoms with Crippen molar-refractivity contribution in [2.24, 2.45) is 5.41 Å². The molecule has 2 rings (SSSR count). The van der Waals surface area contributed by atoms with Crippen LogP contribution in [0.2, 0.25) is 0 Å². The van der Waals surface area contributed by atoms with Gasteiger partial charge in [0, 0.05) is 18.5 Å². The van der Waals surface area contributed by atoms with E-state index in [9.17, 15) is 9.90 Å². The molecule has 1 aromatic carbocycles. The number of ether oxygens (including phenoxy) is 2. The van der Waals surface area contributed by atoms with Crippen LogP contribution in [-0.4, -0.2) is 48.0 Å². The largest absolute Gasteiger partial charge is 0.444 e. The molecule has 0 aromatic heterocycles. The minimum atomic E-state index is -0.485. The highest BCUT2D eigenvalue weighted by Gasteiger charge is 2.37. The van der Waals surface area contributed by atoms with Crippen molar-refractivity contribution in [3.05, 3.63) is 35.9 Å². The van der Waals surface area contributed by atoms with Crippen LogP contribution in [-0.2, 0) is 16.1 Å². The van der Waals surface area contributed by atoms with Gasteiger partial charge in [0.15, 0.2) is 0 Å². The summed E-state index contributed by atoms with van der Waals surface area (Å²) in [6.45, 7) is 7.88. The van der Waals surface area contributed by atoms with Gasteiger partial charge in [-0.05, 0) is 39.2 Å². The van der Waals surface area contributed by atoms with Gasteiger partial charge in [0.05, 0.1) is 19.8 Å². The first-order valence-corrected chi connectivity index (χ1v) is 8.54. The zero-order valence-corrected chi connectivity index (χ0v) is 15.0. The molecule has 5 nitrogen and oxygen atoms in total. The highest BCUT2D eigenvalue weighted by atomic mass is 16.6. The van der Waals surface area contributed by atoms with E-state index in [1.54, 1.807) is 4.90 Å². The third kappa shape index (κ3) is 5.49. The number of hydrogen-bond donors (Lipinski definition) is 1. The van der Waals surface area contributed by atoms with Crippen LogP contribution in [0, 0.1) is 5.41 Å². The molecule has 0 unspecified atom stereocenters. The van der Waals surface area contributed by atoms with E-state index in [1.165, 1.54) is 0 Å². The molecule has 24 heavy (non-hydrogen) atoms. The van der Waals surface area contributed by atoms with Crippen LogP contribution in [0.5, 0.6) is 0 Å². The topological polar surface area (TPSA) is 59.0 Å². The number of likely N-dealkylation sites (tertiary alicyclic amines) is 1. The van der Waals surface area contributed by atoms with Gasteiger partial charge >= 0.3 is 6.09 Å². The number of aliphatic hydroxyl groups is 1. The van der Waals surface area contributed by atoms with Crippen LogP contribution >= 0.6 is 0 Å². The van der Waals surface area contributed by atoms with E-state index in [-0.39, 0.29) is 18.1 Å². The molecule has 0 bridgehead atoms. The Kier molecular flexibility index (Phi) is 6.24. The number of nitrogens with zero attached hydrogens (tertiary/aromatic N) is 1. The summed E-state index contributed by atoms with van der Waals surface area (Å²) in [7, 11) is 0. The average Bonchev–Trinajstić information content (AvgIpc) is 2.55. The lowest BCUT2D eigenvalue weighted by molar-refractivity contribution is -0.0436. The van der Waals surface area contributed by atoms with E-state index in [2.05, 4.69) is 0 Å². The smallest absolute Gasteiger partial charge is 0.410 e. The maximum absolute atomic E-state index is 12.1. The van der Waals surface area contributed by atoms with Crippen molar-refractivity contribution >= 4 is 6.09 Å². The van der Waals surface area contributed by atoms with Crippen LogP contribution in [0.4, 0.5) is 4.79 Å². The number of carbonyl (C=O) groups excluding carboxylic acids is 1. The molecule has 1 heterocycles. The monoisotopic (exact) mass is 335 g/mol. The number of hydrogen-bond acceptors (Lipinski definition) is 4. The normalized spacial score (nSPS) is 17.6. The Labute approximate surface area is 144 Å². The SMILES string of the molecule is CC(C)(C)OC(=O)N1CCC(CO)(COCc2ccccc2)CC1. The lowest BCUT2D eigenvalue weighted by atomic mass is 9.80. The Bertz CT molecular complexity index is 516. The van der Waals surface area contributed by atoms with Gasteiger partial charge in [0.1, 0.15) is 5.60 Å². The third-order valence-corrected chi connectivity index (χ3v) is 4.33. The molecular weight excluding hydrogens is 306 g/mol. The minimum absolute atomic E-state index is 0.0734. The molecule has 0 saturated carbocycles. The molecule has 0 atom stereocenters. The van der Waals surface area contributed by atoms with Gasteiger partial charge in [-0.2, -0.15) is 0 Å². The highest BCUT2D eigenvalue weighted by molar-refractivity contribution is 5.68. The van der Waals surface area contributed by atoms with E-state index in [0.717, 1.165) is 18.4 Å².